The van der Waals surface area contributed by atoms with E-state index in [1.54, 1.807) is 32.2 Å². The molecule has 0 atom stereocenters. The highest BCUT2D eigenvalue weighted by Crippen LogP contribution is 2.23. The van der Waals surface area contributed by atoms with Gasteiger partial charge in [-0.1, -0.05) is 29.8 Å². The molecule has 2 aromatic carbocycles. The van der Waals surface area contributed by atoms with Crippen molar-refractivity contribution in [2.75, 3.05) is 19.0 Å². The molecule has 1 amide bonds. The van der Waals surface area contributed by atoms with Gasteiger partial charge in [0.05, 0.1) is 7.11 Å². The van der Waals surface area contributed by atoms with Gasteiger partial charge in [0.2, 0.25) is 0 Å². The van der Waals surface area contributed by atoms with Crippen LogP contribution in [0.15, 0.2) is 54.2 Å². The summed E-state index contributed by atoms with van der Waals surface area (Å²) in [5.41, 5.74) is 2.47. The van der Waals surface area contributed by atoms with Gasteiger partial charge in [-0.15, -0.1) is 0 Å². The Morgan fingerprint density at radius 2 is 2.00 bits per heavy atom. The molecular formula is C20H20ClN3O2. The maximum Gasteiger partial charge on any atom is 0.267 e. The molecule has 26 heavy (non-hydrogen) atoms. The smallest absolute Gasteiger partial charge is 0.267 e. The van der Waals surface area contributed by atoms with E-state index in [4.69, 9.17) is 16.3 Å². The molecule has 5 nitrogen and oxygen atoms in total. The molecule has 2 rings (SSSR count). The van der Waals surface area contributed by atoms with Gasteiger partial charge in [-0.3, -0.25) is 4.79 Å². The van der Waals surface area contributed by atoms with Crippen molar-refractivity contribution in [1.82, 2.24) is 5.32 Å². The Labute approximate surface area is 158 Å². The minimum atomic E-state index is -0.477. The van der Waals surface area contributed by atoms with E-state index in [9.17, 15) is 10.1 Å². The Morgan fingerprint density at radius 3 is 2.65 bits per heavy atom. The molecule has 0 unspecified atom stereocenters. The van der Waals surface area contributed by atoms with Gasteiger partial charge in [-0.25, -0.2) is 0 Å². The van der Waals surface area contributed by atoms with Gasteiger partial charge < -0.3 is 15.4 Å². The van der Waals surface area contributed by atoms with Crippen LogP contribution in [0.2, 0.25) is 5.02 Å². The number of hydrogen-bond donors (Lipinski definition) is 2. The van der Waals surface area contributed by atoms with E-state index in [1.165, 1.54) is 6.20 Å². The number of carbonyl (C=O) groups is 1. The van der Waals surface area contributed by atoms with Gasteiger partial charge in [0.25, 0.3) is 5.91 Å². The Morgan fingerprint density at radius 1 is 1.27 bits per heavy atom. The van der Waals surface area contributed by atoms with E-state index in [0.717, 1.165) is 23.3 Å². The second-order valence-corrected chi connectivity index (χ2v) is 6.00. The molecule has 0 saturated heterocycles. The lowest BCUT2D eigenvalue weighted by molar-refractivity contribution is -0.112. The number of ether oxygens (including phenoxy) is 1. The number of methoxy groups -OCH3 is 1. The second-order valence-electron chi connectivity index (χ2n) is 5.59. The highest BCUT2D eigenvalue weighted by Gasteiger charge is 2.11. The molecule has 0 radical (unpaired) electrons. The monoisotopic (exact) mass is 369 g/mol. The maximum absolute atomic E-state index is 12.2. The third-order valence-corrected chi connectivity index (χ3v) is 4.25. The molecule has 2 aromatic rings. The number of benzene rings is 2. The van der Waals surface area contributed by atoms with Crippen molar-refractivity contribution < 1.29 is 9.53 Å². The fourth-order valence-corrected chi connectivity index (χ4v) is 2.44. The van der Waals surface area contributed by atoms with Crippen molar-refractivity contribution in [2.45, 2.75) is 13.3 Å². The minimum Gasteiger partial charge on any atom is -0.497 e. The maximum atomic E-state index is 12.2. The predicted octanol–water partition coefficient (Wildman–Crippen LogP) is 3.84. The topological polar surface area (TPSA) is 74.1 Å². The molecule has 0 saturated carbocycles. The number of halogens is 1. The average Bonchev–Trinajstić information content (AvgIpc) is 2.66. The van der Waals surface area contributed by atoms with Crippen molar-refractivity contribution in [2.24, 2.45) is 0 Å². The van der Waals surface area contributed by atoms with Crippen molar-refractivity contribution in [1.29, 1.82) is 5.26 Å². The zero-order valence-corrected chi connectivity index (χ0v) is 15.4. The average molecular weight is 370 g/mol. The second kappa shape index (κ2) is 9.50. The molecule has 0 fully saturated rings. The zero-order valence-electron chi connectivity index (χ0n) is 14.7. The summed E-state index contributed by atoms with van der Waals surface area (Å²) in [7, 11) is 1.63. The summed E-state index contributed by atoms with van der Waals surface area (Å²) in [6.07, 6.45) is 2.19. The van der Waals surface area contributed by atoms with Gasteiger partial charge in [0, 0.05) is 23.5 Å². The Hall–Kier alpha value is -2.97. The fourth-order valence-electron chi connectivity index (χ4n) is 2.26. The quantitative estimate of drug-likeness (QED) is 0.442. The highest BCUT2D eigenvalue weighted by molar-refractivity contribution is 6.31. The van der Waals surface area contributed by atoms with Gasteiger partial charge in [0.1, 0.15) is 17.4 Å². The van der Waals surface area contributed by atoms with Gasteiger partial charge in [0.15, 0.2) is 0 Å². The van der Waals surface area contributed by atoms with Crippen LogP contribution in [0.5, 0.6) is 5.75 Å². The van der Waals surface area contributed by atoms with E-state index < -0.39 is 5.91 Å². The highest BCUT2D eigenvalue weighted by atomic mass is 35.5. The Bertz CT molecular complexity index is 839. The lowest BCUT2D eigenvalue weighted by Crippen LogP contribution is -2.18. The summed E-state index contributed by atoms with van der Waals surface area (Å²) in [4.78, 5) is 12.2. The summed E-state index contributed by atoms with van der Waals surface area (Å²) in [5.74, 6) is 0.330. The predicted molar refractivity (Wildman–Crippen MR) is 103 cm³/mol. The van der Waals surface area contributed by atoms with Crippen LogP contribution in [-0.4, -0.2) is 19.6 Å². The van der Waals surface area contributed by atoms with Crippen LogP contribution < -0.4 is 15.4 Å². The minimum absolute atomic E-state index is 0.000827. The van der Waals surface area contributed by atoms with Crippen LogP contribution in [0.25, 0.3) is 0 Å². The summed E-state index contributed by atoms with van der Waals surface area (Å²) >= 11 is 6.04. The summed E-state index contributed by atoms with van der Waals surface area (Å²) in [6.45, 7) is 2.40. The molecule has 6 heteroatoms. The first kappa shape index (κ1) is 19.4. The van der Waals surface area contributed by atoms with Crippen molar-refractivity contribution >= 4 is 23.2 Å². The van der Waals surface area contributed by atoms with Crippen molar-refractivity contribution in [3.05, 3.63) is 70.4 Å². The molecule has 0 aliphatic rings. The first-order valence-electron chi connectivity index (χ1n) is 8.08. The Kier molecular flexibility index (Phi) is 7.07. The normalized spacial score (nSPS) is 10.8. The van der Waals surface area contributed by atoms with Crippen molar-refractivity contribution in [3.63, 3.8) is 0 Å². The Balaban J connectivity index is 1.91. The van der Waals surface area contributed by atoms with Crippen LogP contribution in [0.4, 0.5) is 5.69 Å². The van der Waals surface area contributed by atoms with E-state index >= 15 is 0 Å². The van der Waals surface area contributed by atoms with E-state index in [1.807, 2.05) is 30.3 Å². The van der Waals surface area contributed by atoms with Gasteiger partial charge >= 0.3 is 0 Å². The number of anilines is 1. The van der Waals surface area contributed by atoms with Crippen LogP contribution in [-0.2, 0) is 11.2 Å². The molecule has 0 aliphatic heterocycles. The van der Waals surface area contributed by atoms with E-state index in [-0.39, 0.29) is 5.57 Å². The third-order valence-electron chi connectivity index (χ3n) is 3.84. The number of nitriles is 1. The van der Waals surface area contributed by atoms with E-state index in [0.29, 0.717) is 17.3 Å². The summed E-state index contributed by atoms with van der Waals surface area (Å²) in [5, 5.41) is 15.5. The number of hydrogen-bond acceptors (Lipinski definition) is 4. The SMILES string of the molecule is COc1ccc(CCN/C=C(/C#N)C(=O)Nc2cccc(Cl)c2C)cc1. The summed E-state index contributed by atoms with van der Waals surface area (Å²) < 4.78 is 5.12. The molecule has 0 spiro atoms. The zero-order chi connectivity index (χ0) is 18.9. The first-order valence-corrected chi connectivity index (χ1v) is 8.46. The van der Waals surface area contributed by atoms with Crippen LogP contribution in [0.1, 0.15) is 11.1 Å². The lowest BCUT2D eigenvalue weighted by Gasteiger charge is -2.09. The molecule has 0 aromatic heterocycles. The van der Waals surface area contributed by atoms with Crippen molar-refractivity contribution in [3.8, 4) is 11.8 Å². The molecule has 2 N–H and O–H groups in total. The van der Waals surface area contributed by atoms with Crippen LogP contribution in [0.3, 0.4) is 0 Å². The largest absolute Gasteiger partial charge is 0.497 e. The lowest BCUT2D eigenvalue weighted by atomic mass is 10.1. The van der Waals surface area contributed by atoms with Crippen LogP contribution >= 0.6 is 11.6 Å². The molecule has 0 aliphatic carbocycles. The van der Waals surface area contributed by atoms with Crippen LogP contribution in [0, 0.1) is 18.3 Å². The molecular weight excluding hydrogens is 350 g/mol. The number of rotatable bonds is 7. The summed E-state index contributed by atoms with van der Waals surface area (Å²) in [6, 6.07) is 14.9. The third kappa shape index (κ3) is 5.27. The number of carbonyl (C=O) groups excluding carboxylic acids is 1. The molecule has 134 valence electrons. The first-order chi connectivity index (χ1) is 12.5. The molecule has 0 heterocycles. The fraction of sp³-hybridized carbons (Fsp3) is 0.200. The standard InChI is InChI=1S/C20H20ClN3O2/c1-14-18(21)4-3-5-19(14)24-20(25)16(12-22)13-23-11-10-15-6-8-17(26-2)9-7-15/h3-9,13,23H,10-11H2,1-2H3,(H,24,25)/b16-13-. The van der Waals surface area contributed by atoms with Gasteiger partial charge in [-0.2, -0.15) is 5.26 Å². The van der Waals surface area contributed by atoms with E-state index in [2.05, 4.69) is 10.6 Å². The molecule has 0 bridgehead atoms. The number of amides is 1. The number of nitrogens with zero attached hydrogens (tertiary/aromatic N) is 1. The van der Waals surface area contributed by atoms with Gasteiger partial charge in [-0.05, 0) is 48.7 Å². The number of nitrogens with one attached hydrogen (secondary N) is 2.